The molecule has 0 radical (unpaired) electrons. The van der Waals surface area contributed by atoms with Crippen LogP contribution in [-0.2, 0) is 9.59 Å². The van der Waals surface area contributed by atoms with E-state index in [-0.39, 0.29) is 35.5 Å². The van der Waals surface area contributed by atoms with E-state index in [4.69, 9.17) is 0 Å². The minimum atomic E-state index is -0.418. The molecule has 2 heterocycles. The fourth-order valence-electron chi connectivity index (χ4n) is 4.11. The number of benzene rings is 1. The summed E-state index contributed by atoms with van der Waals surface area (Å²) < 4.78 is 13.2. The van der Waals surface area contributed by atoms with Crippen LogP contribution in [0.25, 0.3) is 0 Å². The Hall–Kier alpha value is -2.21. The molecule has 0 spiro atoms. The molecule has 1 saturated heterocycles. The van der Waals surface area contributed by atoms with Gasteiger partial charge in [0.05, 0.1) is 6.04 Å². The van der Waals surface area contributed by atoms with Gasteiger partial charge in [0.15, 0.2) is 0 Å². The summed E-state index contributed by atoms with van der Waals surface area (Å²) in [6, 6.07) is 9.80. The number of thiophene rings is 1. The van der Waals surface area contributed by atoms with Crippen LogP contribution in [-0.4, -0.2) is 29.3 Å². The summed E-state index contributed by atoms with van der Waals surface area (Å²) in [7, 11) is 0. The Balaban J connectivity index is 1.53. The Morgan fingerprint density at radius 2 is 2.04 bits per heavy atom. The van der Waals surface area contributed by atoms with E-state index in [0.717, 1.165) is 16.9 Å². The van der Waals surface area contributed by atoms with E-state index in [0.29, 0.717) is 18.9 Å². The molecule has 6 heteroatoms. The number of hydrogen-bond donors (Lipinski definition) is 1. The second-order valence-electron chi connectivity index (χ2n) is 8.21. The monoisotopic (exact) mass is 400 g/mol. The topological polar surface area (TPSA) is 49.4 Å². The molecular weight excluding hydrogens is 375 g/mol. The van der Waals surface area contributed by atoms with E-state index >= 15 is 0 Å². The third-order valence-electron chi connectivity index (χ3n) is 5.64. The number of nitrogens with zero attached hydrogens (tertiary/aromatic N) is 1. The predicted molar refractivity (Wildman–Crippen MR) is 107 cm³/mol. The Bertz CT molecular complexity index is 850. The highest BCUT2D eigenvalue weighted by Gasteiger charge is 2.49. The zero-order valence-corrected chi connectivity index (χ0v) is 16.9. The number of nitrogens with one attached hydrogen (secondary N) is 1. The quantitative estimate of drug-likeness (QED) is 0.821. The van der Waals surface area contributed by atoms with E-state index in [1.54, 1.807) is 28.4 Å². The van der Waals surface area contributed by atoms with Gasteiger partial charge in [-0.05, 0) is 53.8 Å². The summed E-state index contributed by atoms with van der Waals surface area (Å²) >= 11 is 1.59. The summed E-state index contributed by atoms with van der Waals surface area (Å²) in [6.07, 6.45) is 1.42. The number of hydrogen-bond acceptors (Lipinski definition) is 3. The van der Waals surface area contributed by atoms with Gasteiger partial charge < -0.3 is 10.2 Å². The molecule has 4 nitrogen and oxygen atoms in total. The molecule has 1 aromatic heterocycles. The van der Waals surface area contributed by atoms with Crippen LogP contribution in [0.15, 0.2) is 41.8 Å². The van der Waals surface area contributed by atoms with Gasteiger partial charge in [-0.15, -0.1) is 11.3 Å². The molecule has 2 fully saturated rings. The van der Waals surface area contributed by atoms with Crippen LogP contribution in [0.4, 0.5) is 4.39 Å². The van der Waals surface area contributed by atoms with Crippen LogP contribution in [0.1, 0.15) is 49.1 Å². The maximum atomic E-state index is 13.3. The molecule has 0 bridgehead atoms. The van der Waals surface area contributed by atoms with Crippen LogP contribution in [0, 0.1) is 17.7 Å². The van der Waals surface area contributed by atoms with Gasteiger partial charge in [-0.3, -0.25) is 9.59 Å². The molecule has 1 saturated carbocycles. The van der Waals surface area contributed by atoms with E-state index in [9.17, 15) is 14.0 Å². The van der Waals surface area contributed by atoms with Crippen LogP contribution in [0.2, 0.25) is 0 Å². The Morgan fingerprint density at radius 1 is 1.29 bits per heavy atom. The molecule has 1 aliphatic carbocycles. The largest absolute Gasteiger partial charge is 0.345 e. The lowest BCUT2D eigenvalue weighted by molar-refractivity contribution is -0.146. The van der Waals surface area contributed by atoms with Crippen molar-refractivity contribution in [3.63, 3.8) is 0 Å². The van der Waals surface area contributed by atoms with Crippen molar-refractivity contribution in [1.29, 1.82) is 0 Å². The first-order valence-electron chi connectivity index (χ1n) is 9.83. The minimum absolute atomic E-state index is 0.0522. The molecule has 4 rings (SSSR count). The number of carbonyl (C=O) groups excluding carboxylic acids is 2. The maximum Gasteiger partial charge on any atom is 0.243 e. The van der Waals surface area contributed by atoms with Gasteiger partial charge in [-0.1, -0.05) is 32.0 Å². The number of halogens is 1. The highest BCUT2D eigenvalue weighted by Crippen LogP contribution is 2.49. The van der Waals surface area contributed by atoms with Crippen molar-refractivity contribution in [2.24, 2.45) is 11.8 Å². The first-order valence-corrected chi connectivity index (χ1v) is 10.7. The number of rotatable bonds is 5. The van der Waals surface area contributed by atoms with E-state index < -0.39 is 6.04 Å². The van der Waals surface area contributed by atoms with Gasteiger partial charge in [-0.25, -0.2) is 4.39 Å². The second-order valence-corrected chi connectivity index (χ2v) is 9.19. The molecule has 1 aliphatic heterocycles. The fraction of sp³-hybridized carbons (Fsp3) is 0.455. The molecule has 2 aliphatic rings. The summed E-state index contributed by atoms with van der Waals surface area (Å²) in [6.45, 7) is 4.65. The average Bonchev–Trinajstić information content (AvgIpc) is 3.26. The van der Waals surface area contributed by atoms with Crippen LogP contribution in [0.3, 0.4) is 0 Å². The second kappa shape index (κ2) is 7.66. The average molecular weight is 401 g/mol. The molecular formula is C22H25FN2O2S. The zero-order chi connectivity index (χ0) is 19.8. The summed E-state index contributed by atoms with van der Waals surface area (Å²) in [5.74, 6) is 0.0437. The third kappa shape index (κ3) is 3.83. The molecule has 4 atom stereocenters. The highest BCUT2D eigenvalue weighted by molar-refractivity contribution is 7.10. The van der Waals surface area contributed by atoms with Crippen LogP contribution < -0.4 is 5.32 Å². The van der Waals surface area contributed by atoms with Crippen LogP contribution in [0.5, 0.6) is 0 Å². The number of carbonyl (C=O) groups is 2. The molecule has 1 N–H and O–H groups in total. The van der Waals surface area contributed by atoms with Gasteiger partial charge >= 0.3 is 0 Å². The van der Waals surface area contributed by atoms with Gasteiger partial charge in [0, 0.05) is 17.3 Å². The van der Waals surface area contributed by atoms with Gasteiger partial charge in [-0.2, -0.15) is 0 Å². The minimum Gasteiger partial charge on any atom is -0.345 e. The van der Waals surface area contributed by atoms with E-state index in [1.165, 1.54) is 12.1 Å². The Kier molecular flexibility index (Phi) is 5.23. The maximum absolute atomic E-state index is 13.3. The van der Waals surface area contributed by atoms with Gasteiger partial charge in [0.2, 0.25) is 11.8 Å². The first-order chi connectivity index (χ1) is 13.4. The van der Waals surface area contributed by atoms with Crippen LogP contribution >= 0.6 is 11.3 Å². The molecule has 0 unspecified atom stereocenters. The fourth-order valence-corrected chi connectivity index (χ4v) is 4.88. The molecule has 1 aromatic carbocycles. The van der Waals surface area contributed by atoms with Crippen molar-refractivity contribution in [2.45, 2.75) is 44.7 Å². The lowest BCUT2D eigenvalue weighted by Crippen LogP contribution is -2.59. The van der Waals surface area contributed by atoms with E-state index in [1.807, 2.05) is 17.5 Å². The normalized spacial score (nSPS) is 27.0. The van der Waals surface area contributed by atoms with Crippen molar-refractivity contribution in [2.75, 3.05) is 6.54 Å². The van der Waals surface area contributed by atoms with Crippen molar-refractivity contribution >= 4 is 23.2 Å². The lowest BCUT2D eigenvalue weighted by Gasteiger charge is -2.40. The molecule has 2 amide bonds. The zero-order valence-electron chi connectivity index (χ0n) is 16.1. The summed E-state index contributed by atoms with van der Waals surface area (Å²) in [5.41, 5.74) is 0.997. The van der Waals surface area contributed by atoms with Crippen molar-refractivity contribution in [3.8, 4) is 0 Å². The van der Waals surface area contributed by atoms with Crippen molar-refractivity contribution in [1.82, 2.24) is 10.2 Å². The van der Waals surface area contributed by atoms with Gasteiger partial charge in [0.1, 0.15) is 11.9 Å². The molecule has 148 valence electrons. The smallest absolute Gasteiger partial charge is 0.243 e. The highest BCUT2D eigenvalue weighted by atomic mass is 32.1. The Morgan fingerprint density at radius 3 is 2.68 bits per heavy atom. The third-order valence-corrected chi connectivity index (χ3v) is 6.63. The SMILES string of the molecule is CC(C)C[C@H]1C(=O)N[C@@H](c2cccs2)CN1C(=O)[C@@H]1C[C@H]1c1ccc(F)cc1. The van der Waals surface area contributed by atoms with Gasteiger partial charge in [0.25, 0.3) is 0 Å². The standard InChI is InChI=1S/C22H25FN2O2S/c1-13(2)10-19-21(26)24-18(20-4-3-9-28-20)12-25(19)22(27)17-11-16(17)14-5-7-15(23)8-6-14/h3-9,13,16-19H,10-12H2,1-2H3,(H,24,26)/t16-,17+,18+,19-/m0/s1. The van der Waals surface area contributed by atoms with E-state index in [2.05, 4.69) is 19.2 Å². The predicted octanol–water partition coefficient (Wildman–Crippen LogP) is 4.11. The molecule has 2 aromatic rings. The number of amides is 2. The summed E-state index contributed by atoms with van der Waals surface area (Å²) in [4.78, 5) is 29.1. The Labute approximate surface area is 168 Å². The van der Waals surface area contributed by atoms with Crippen molar-refractivity contribution in [3.05, 3.63) is 58.0 Å². The summed E-state index contributed by atoms with van der Waals surface area (Å²) in [5, 5.41) is 5.09. The molecule has 28 heavy (non-hydrogen) atoms. The lowest BCUT2D eigenvalue weighted by atomic mass is 9.97. The number of piperazine rings is 1. The first kappa shape index (κ1) is 19.1. The van der Waals surface area contributed by atoms with Crippen molar-refractivity contribution < 1.29 is 14.0 Å².